The number of piperidine rings is 1. The van der Waals surface area contributed by atoms with Gasteiger partial charge in [-0.2, -0.15) is 0 Å². The number of β-amino-alcohol motifs (C(OH)–C–C–N with tert-alkyl or cyclic N) is 1. The fraction of sp³-hybridized carbons (Fsp3) is 0.545. The van der Waals surface area contributed by atoms with E-state index in [0.29, 0.717) is 30.8 Å². The van der Waals surface area contributed by atoms with Crippen molar-refractivity contribution >= 4 is 11.7 Å². The number of hydrogen-bond acceptors (Lipinski definition) is 8. The Morgan fingerprint density at radius 1 is 1.16 bits per heavy atom. The highest BCUT2D eigenvalue weighted by Gasteiger charge is 2.40. The zero-order chi connectivity index (χ0) is 22.8. The van der Waals surface area contributed by atoms with Crippen LogP contribution < -0.4 is 10.1 Å². The number of likely N-dealkylation sites (tertiary alicyclic amines) is 1. The van der Waals surface area contributed by atoms with Gasteiger partial charge in [-0.05, 0) is 30.7 Å². The minimum Gasteiger partial charge on any atom is -0.481 e. The van der Waals surface area contributed by atoms with Crippen molar-refractivity contribution in [2.45, 2.75) is 43.6 Å². The van der Waals surface area contributed by atoms with Gasteiger partial charge in [-0.1, -0.05) is 5.92 Å². The maximum atomic E-state index is 12.2. The maximum absolute atomic E-state index is 12.2. The molecule has 1 aromatic rings. The Morgan fingerprint density at radius 2 is 1.87 bits per heavy atom. The number of ether oxygens (including phenoxy) is 1. The summed E-state index contributed by atoms with van der Waals surface area (Å²) in [6, 6.07) is 5.88. The quantitative estimate of drug-likeness (QED) is 0.169. The van der Waals surface area contributed by atoms with Crippen LogP contribution in [0.25, 0.3) is 0 Å². The normalized spacial score (nSPS) is 23.7. The number of carbonyl (C=O) groups excluding carboxylic acids is 2. The van der Waals surface area contributed by atoms with Crippen LogP contribution in [0.4, 0.5) is 0 Å². The van der Waals surface area contributed by atoms with Gasteiger partial charge in [0, 0.05) is 38.0 Å². The molecule has 0 bridgehead atoms. The van der Waals surface area contributed by atoms with Crippen molar-refractivity contribution in [1.29, 1.82) is 0 Å². The number of aliphatic hydroxyl groups excluding tert-OH is 4. The van der Waals surface area contributed by atoms with E-state index in [-0.39, 0.29) is 44.3 Å². The van der Waals surface area contributed by atoms with Crippen molar-refractivity contribution < 1.29 is 34.8 Å². The molecule has 1 amide bonds. The van der Waals surface area contributed by atoms with Crippen LogP contribution in [0.15, 0.2) is 24.3 Å². The van der Waals surface area contributed by atoms with Crippen LogP contribution in [0.3, 0.4) is 0 Å². The predicted molar refractivity (Wildman–Crippen MR) is 112 cm³/mol. The standard InChI is InChI=1S/C22H30N2O7/c1-2-12-31-16-6-4-15(5-7-16)18(26)8-9-20(28)23-10-3-11-24-13-19(27)22(30)21(29)17(24)14-25/h1,4-7,17,19,21-22,25,27,29-30H,3,8-14H2,(H,23,28). The number of benzene rings is 1. The number of nitrogens with one attached hydrogen (secondary N) is 1. The first kappa shape index (κ1) is 24.8. The molecular weight excluding hydrogens is 404 g/mol. The first-order valence-electron chi connectivity index (χ1n) is 10.2. The molecule has 4 atom stereocenters. The second kappa shape index (κ2) is 12.4. The van der Waals surface area contributed by atoms with Gasteiger partial charge in [0.05, 0.1) is 18.8 Å². The van der Waals surface area contributed by atoms with Crippen LogP contribution >= 0.6 is 0 Å². The number of terminal acetylenes is 1. The number of aliphatic hydroxyl groups is 4. The fourth-order valence-corrected chi connectivity index (χ4v) is 3.47. The van der Waals surface area contributed by atoms with Gasteiger partial charge in [0.2, 0.25) is 5.91 Å². The molecule has 9 heteroatoms. The smallest absolute Gasteiger partial charge is 0.220 e. The Hall–Kier alpha value is -2.48. The van der Waals surface area contributed by atoms with Crippen LogP contribution in [0.2, 0.25) is 0 Å². The van der Waals surface area contributed by atoms with Crippen molar-refractivity contribution in [3.8, 4) is 18.1 Å². The number of Topliss-reactive ketones (excluding diaryl/α,β-unsaturated/α-hetero) is 1. The molecule has 9 nitrogen and oxygen atoms in total. The van der Waals surface area contributed by atoms with Crippen LogP contribution in [-0.4, -0.2) is 94.2 Å². The lowest BCUT2D eigenvalue weighted by atomic mass is 9.94. The van der Waals surface area contributed by atoms with Crippen LogP contribution in [0.5, 0.6) is 5.75 Å². The number of rotatable bonds is 11. The second-order valence-electron chi connectivity index (χ2n) is 7.44. The number of ketones is 1. The van der Waals surface area contributed by atoms with Gasteiger partial charge >= 0.3 is 0 Å². The summed E-state index contributed by atoms with van der Waals surface area (Å²) in [6.45, 7) is 0.681. The summed E-state index contributed by atoms with van der Waals surface area (Å²) in [6.07, 6.45) is 2.14. The summed E-state index contributed by atoms with van der Waals surface area (Å²) in [7, 11) is 0. The molecule has 1 fully saturated rings. The van der Waals surface area contributed by atoms with Crippen molar-refractivity contribution in [3.05, 3.63) is 29.8 Å². The largest absolute Gasteiger partial charge is 0.481 e. The monoisotopic (exact) mass is 434 g/mol. The molecule has 1 heterocycles. The van der Waals surface area contributed by atoms with Crippen molar-refractivity contribution in [1.82, 2.24) is 10.2 Å². The van der Waals surface area contributed by atoms with E-state index in [9.17, 15) is 30.0 Å². The van der Waals surface area contributed by atoms with E-state index in [4.69, 9.17) is 11.2 Å². The molecule has 0 radical (unpaired) electrons. The van der Waals surface area contributed by atoms with E-state index in [2.05, 4.69) is 11.2 Å². The molecule has 2 rings (SSSR count). The lowest BCUT2D eigenvalue weighted by Gasteiger charge is -2.43. The maximum Gasteiger partial charge on any atom is 0.220 e. The van der Waals surface area contributed by atoms with Gasteiger partial charge in [0.25, 0.3) is 0 Å². The molecule has 1 aromatic carbocycles. The topological polar surface area (TPSA) is 140 Å². The lowest BCUT2D eigenvalue weighted by molar-refractivity contribution is -0.145. The molecule has 0 aliphatic carbocycles. The van der Waals surface area contributed by atoms with Gasteiger partial charge in [-0.25, -0.2) is 0 Å². The van der Waals surface area contributed by atoms with Crippen molar-refractivity contribution in [2.75, 3.05) is 32.8 Å². The van der Waals surface area contributed by atoms with E-state index in [1.807, 2.05) is 0 Å². The van der Waals surface area contributed by atoms with E-state index >= 15 is 0 Å². The molecule has 0 saturated carbocycles. The third-order valence-corrected chi connectivity index (χ3v) is 5.24. The number of carbonyl (C=O) groups is 2. The minimum absolute atomic E-state index is 0.0563. The number of nitrogens with zero attached hydrogens (tertiary/aromatic N) is 1. The van der Waals surface area contributed by atoms with Crippen LogP contribution in [0.1, 0.15) is 29.6 Å². The molecule has 31 heavy (non-hydrogen) atoms. The molecule has 5 N–H and O–H groups in total. The number of hydrogen-bond donors (Lipinski definition) is 5. The Bertz CT molecular complexity index is 762. The molecule has 1 saturated heterocycles. The molecule has 4 unspecified atom stereocenters. The van der Waals surface area contributed by atoms with E-state index in [0.717, 1.165) is 0 Å². The molecule has 1 aliphatic heterocycles. The fourth-order valence-electron chi connectivity index (χ4n) is 3.47. The minimum atomic E-state index is -1.29. The number of amides is 1. The third kappa shape index (κ3) is 7.31. The molecule has 170 valence electrons. The van der Waals surface area contributed by atoms with Gasteiger partial charge in [-0.3, -0.25) is 14.5 Å². The van der Waals surface area contributed by atoms with Crippen LogP contribution in [0, 0.1) is 12.3 Å². The molecule has 0 aromatic heterocycles. The van der Waals surface area contributed by atoms with E-state index in [1.165, 1.54) is 0 Å². The predicted octanol–water partition coefficient (Wildman–Crippen LogP) is -1.07. The van der Waals surface area contributed by atoms with Gasteiger partial charge in [-0.15, -0.1) is 6.42 Å². The van der Waals surface area contributed by atoms with Gasteiger partial charge in [0.1, 0.15) is 24.6 Å². The third-order valence-electron chi connectivity index (χ3n) is 5.24. The average molecular weight is 434 g/mol. The summed E-state index contributed by atoms with van der Waals surface area (Å²) in [5.41, 5.74) is 0.486. The lowest BCUT2D eigenvalue weighted by Crippen LogP contribution is -2.62. The zero-order valence-corrected chi connectivity index (χ0v) is 17.3. The molecule has 1 aliphatic rings. The Kier molecular flexibility index (Phi) is 9.91. The van der Waals surface area contributed by atoms with Gasteiger partial charge in [0.15, 0.2) is 5.78 Å². The van der Waals surface area contributed by atoms with E-state index < -0.39 is 24.4 Å². The highest BCUT2D eigenvalue weighted by Crippen LogP contribution is 2.19. The van der Waals surface area contributed by atoms with E-state index in [1.54, 1.807) is 29.2 Å². The average Bonchev–Trinajstić information content (AvgIpc) is 2.77. The highest BCUT2D eigenvalue weighted by molar-refractivity contribution is 5.98. The van der Waals surface area contributed by atoms with Gasteiger partial charge < -0.3 is 30.5 Å². The summed E-state index contributed by atoms with van der Waals surface area (Å²) < 4.78 is 5.25. The van der Waals surface area contributed by atoms with Crippen molar-refractivity contribution in [3.63, 3.8) is 0 Å². The SMILES string of the molecule is C#CCOc1ccc(C(=O)CCC(=O)NCCCN2CC(O)C(O)C(O)C2CO)cc1. The summed E-state index contributed by atoms with van der Waals surface area (Å²) in [5, 5.41) is 41.6. The second-order valence-corrected chi connectivity index (χ2v) is 7.44. The van der Waals surface area contributed by atoms with Crippen LogP contribution in [-0.2, 0) is 4.79 Å². The first-order valence-corrected chi connectivity index (χ1v) is 10.2. The highest BCUT2D eigenvalue weighted by atomic mass is 16.5. The Morgan fingerprint density at radius 3 is 2.52 bits per heavy atom. The zero-order valence-electron chi connectivity index (χ0n) is 17.3. The van der Waals surface area contributed by atoms with Crippen molar-refractivity contribution in [2.24, 2.45) is 0 Å². The summed E-state index contributed by atoms with van der Waals surface area (Å²) >= 11 is 0. The Balaban J connectivity index is 1.68. The Labute approximate surface area is 181 Å². The summed E-state index contributed by atoms with van der Waals surface area (Å²) in [4.78, 5) is 25.9. The molecule has 0 spiro atoms. The summed E-state index contributed by atoms with van der Waals surface area (Å²) in [5.74, 6) is 2.52. The molecular formula is C22H30N2O7. The first-order chi connectivity index (χ1) is 14.9.